The van der Waals surface area contributed by atoms with E-state index in [0.29, 0.717) is 5.56 Å². The van der Waals surface area contributed by atoms with Gasteiger partial charge in [-0.2, -0.15) is 0 Å². The van der Waals surface area contributed by atoms with Crippen LogP contribution in [-0.4, -0.2) is 19.3 Å². The summed E-state index contributed by atoms with van der Waals surface area (Å²) < 4.78 is 5.92. The van der Waals surface area contributed by atoms with E-state index in [4.69, 9.17) is 16.3 Å². The Kier molecular flexibility index (Phi) is 6.14. The lowest BCUT2D eigenvalue weighted by molar-refractivity contribution is 0.0600. The van der Waals surface area contributed by atoms with Crippen LogP contribution < -0.4 is 0 Å². The molecule has 0 spiro atoms. The molecule has 132 valence electrons. The summed E-state index contributed by atoms with van der Waals surface area (Å²) in [7, 11) is 1.38. The second-order valence-corrected chi connectivity index (χ2v) is 8.39. The van der Waals surface area contributed by atoms with Gasteiger partial charge in [0.05, 0.1) is 22.6 Å². The van der Waals surface area contributed by atoms with Crippen molar-refractivity contribution in [3.8, 4) is 0 Å². The number of rotatable bonds is 5. The van der Waals surface area contributed by atoms with Crippen LogP contribution in [0.5, 0.6) is 0 Å². The molecular formula is C20H16ClNO2S2. The van der Waals surface area contributed by atoms with Crippen LogP contribution in [0.15, 0.2) is 68.7 Å². The maximum Gasteiger partial charge on any atom is 0.337 e. The Labute approximate surface area is 165 Å². The summed E-state index contributed by atoms with van der Waals surface area (Å²) in [6, 6.07) is 17.3. The highest BCUT2D eigenvalue weighted by atomic mass is 35.5. The average Bonchev–Trinajstić information content (AvgIpc) is 3.09. The Balaban J connectivity index is 1.70. The quantitative estimate of drug-likeness (QED) is 0.366. The van der Waals surface area contributed by atoms with Crippen LogP contribution >= 0.6 is 34.7 Å². The fraction of sp³-hybridized carbons (Fsp3) is 0.100. The molecule has 0 radical (unpaired) electrons. The summed E-state index contributed by atoms with van der Waals surface area (Å²) in [4.78, 5) is 18.3. The molecule has 0 aliphatic rings. The smallest absolute Gasteiger partial charge is 0.337 e. The van der Waals surface area contributed by atoms with Crippen LogP contribution in [0.25, 0.3) is 0 Å². The zero-order valence-electron chi connectivity index (χ0n) is 14.2. The molecule has 1 aromatic heterocycles. The van der Waals surface area contributed by atoms with Crippen LogP contribution in [0.1, 0.15) is 20.8 Å². The van der Waals surface area contributed by atoms with E-state index in [2.05, 4.69) is 11.1 Å². The molecule has 0 amide bonds. The van der Waals surface area contributed by atoms with Gasteiger partial charge < -0.3 is 4.74 Å². The van der Waals surface area contributed by atoms with E-state index in [0.717, 1.165) is 26.0 Å². The van der Waals surface area contributed by atoms with E-state index in [1.807, 2.05) is 49.5 Å². The van der Waals surface area contributed by atoms with Gasteiger partial charge in [-0.25, -0.2) is 4.79 Å². The SMILES string of the molecule is COC(=O)c1ccc(N=Cc2ccc(Sc3ccc(Cl)cc3)s2)c(C)c1. The summed E-state index contributed by atoms with van der Waals surface area (Å²) in [6.45, 7) is 1.93. The highest BCUT2D eigenvalue weighted by Crippen LogP contribution is 2.33. The van der Waals surface area contributed by atoms with Gasteiger partial charge in [-0.05, 0) is 67.1 Å². The Morgan fingerprint density at radius 3 is 2.62 bits per heavy atom. The maximum absolute atomic E-state index is 11.6. The van der Waals surface area contributed by atoms with Crippen molar-refractivity contribution in [2.45, 2.75) is 16.0 Å². The lowest BCUT2D eigenvalue weighted by Crippen LogP contribution is -2.00. The number of aliphatic imine (C=N–C) groups is 1. The first-order chi connectivity index (χ1) is 12.5. The van der Waals surface area contributed by atoms with Crippen molar-refractivity contribution in [2.75, 3.05) is 7.11 Å². The Hall–Kier alpha value is -2.08. The number of thiophene rings is 1. The number of carbonyl (C=O) groups is 1. The molecule has 0 bridgehead atoms. The van der Waals surface area contributed by atoms with Crippen molar-refractivity contribution in [1.29, 1.82) is 0 Å². The van der Waals surface area contributed by atoms with Crippen LogP contribution in [0, 0.1) is 6.92 Å². The van der Waals surface area contributed by atoms with Crippen LogP contribution in [-0.2, 0) is 4.74 Å². The molecule has 0 aliphatic carbocycles. The topological polar surface area (TPSA) is 38.7 Å². The number of methoxy groups -OCH3 is 1. The van der Waals surface area contributed by atoms with E-state index in [-0.39, 0.29) is 5.97 Å². The predicted octanol–water partition coefficient (Wildman–Crippen LogP) is 6.40. The lowest BCUT2D eigenvalue weighted by atomic mass is 10.1. The molecule has 2 aromatic carbocycles. The van der Waals surface area contributed by atoms with Crippen molar-refractivity contribution in [3.63, 3.8) is 0 Å². The number of ether oxygens (including phenoxy) is 1. The van der Waals surface area contributed by atoms with Crippen molar-refractivity contribution < 1.29 is 9.53 Å². The van der Waals surface area contributed by atoms with Gasteiger partial charge in [0, 0.05) is 21.0 Å². The van der Waals surface area contributed by atoms with Gasteiger partial charge in [0.2, 0.25) is 0 Å². The molecule has 0 atom stereocenters. The monoisotopic (exact) mass is 401 g/mol. The normalized spacial score (nSPS) is 11.0. The number of halogens is 1. The third kappa shape index (κ3) is 4.75. The Morgan fingerprint density at radius 2 is 1.92 bits per heavy atom. The standard InChI is InChI=1S/C20H16ClNO2S2/c1-13-11-14(20(23)24-2)3-9-18(13)22-12-17-8-10-19(26-17)25-16-6-4-15(21)5-7-16/h3-12H,1-2H3. The van der Waals surface area contributed by atoms with Crippen molar-refractivity contribution in [1.82, 2.24) is 0 Å². The molecule has 0 N–H and O–H groups in total. The van der Waals surface area contributed by atoms with E-state index in [1.165, 1.54) is 11.3 Å². The van der Waals surface area contributed by atoms with Crippen LogP contribution in [0.2, 0.25) is 5.02 Å². The first-order valence-corrected chi connectivity index (χ1v) is 9.82. The first-order valence-electron chi connectivity index (χ1n) is 7.81. The van der Waals surface area contributed by atoms with E-state index in [1.54, 1.807) is 35.2 Å². The van der Waals surface area contributed by atoms with Crippen molar-refractivity contribution >= 4 is 52.6 Å². The summed E-state index contributed by atoms with van der Waals surface area (Å²) >= 11 is 9.29. The molecular weight excluding hydrogens is 386 g/mol. The molecule has 0 saturated heterocycles. The minimum absolute atomic E-state index is 0.342. The number of esters is 1. The molecule has 1 heterocycles. The fourth-order valence-electron chi connectivity index (χ4n) is 2.26. The molecule has 3 rings (SSSR count). The van der Waals surface area contributed by atoms with Crippen molar-refractivity contribution in [3.05, 3.63) is 75.6 Å². The molecule has 0 saturated carbocycles. The van der Waals surface area contributed by atoms with E-state index >= 15 is 0 Å². The van der Waals surface area contributed by atoms with Gasteiger partial charge in [-0.1, -0.05) is 23.4 Å². The number of hydrogen-bond acceptors (Lipinski definition) is 5. The molecule has 0 unspecified atom stereocenters. The number of nitrogens with zero attached hydrogens (tertiary/aromatic N) is 1. The average molecular weight is 402 g/mol. The van der Waals surface area contributed by atoms with Gasteiger partial charge in [-0.15, -0.1) is 11.3 Å². The van der Waals surface area contributed by atoms with Gasteiger partial charge in [-0.3, -0.25) is 4.99 Å². The third-order valence-corrected chi connectivity index (χ3v) is 5.99. The number of hydrogen-bond donors (Lipinski definition) is 0. The van der Waals surface area contributed by atoms with Gasteiger partial charge >= 0.3 is 5.97 Å². The van der Waals surface area contributed by atoms with Crippen molar-refractivity contribution in [2.24, 2.45) is 4.99 Å². The summed E-state index contributed by atoms with van der Waals surface area (Å²) in [5, 5.41) is 0.738. The van der Waals surface area contributed by atoms with Gasteiger partial charge in [0.1, 0.15) is 0 Å². The summed E-state index contributed by atoms with van der Waals surface area (Å²) in [5.41, 5.74) is 2.29. The molecule has 0 fully saturated rings. The predicted molar refractivity (Wildman–Crippen MR) is 110 cm³/mol. The van der Waals surface area contributed by atoms with Crippen LogP contribution in [0.3, 0.4) is 0 Å². The summed E-state index contributed by atoms with van der Waals surface area (Å²) in [5.74, 6) is -0.342. The fourth-order valence-corrected chi connectivity index (χ4v) is 4.38. The Morgan fingerprint density at radius 1 is 1.15 bits per heavy atom. The first kappa shape index (κ1) is 18.7. The van der Waals surface area contributed by atoms with E-state index < -0.39 is 0 Å². The van der Waals surface area contributed by atoms with Crippen LogP contribution in [0.4, 0.5) is 5.69 Å². The number of carbonyl (C=O) groups excluding carboxylic acids is 1. The Bertz CT molecular complexity index is 949. The zero-order chi connectivity index (χ0) is 18.5. The second-order valence-electron chi connectivity index (χ2n) is 5.46. The molecule has 3 nitrogen and oxygen atoms in total. The highest BCUT2D eigenvalue weighted by molar-refractivity contribution is 8.01. The number of aryl methyl sites for hydroxylation is 1. The minimum Gasteiger partial charge on any atom is -0.465 e. The van der Waals surface area contributed by atoms with Gasteiger partial charge in [0.25, 0.3) is 0 Å². The lowest BCUT2D eigenvalue weighted by Gasteiger charge is -2.03. The second kappa shape index (κ2) is 8.54. The number of benzene rings is 2. The highest BCUT2D eigenvalue weighted by Gasteiger charge is 2.07. The molecule has 0 aliphatic heterocycles. The molecule has 26 heavy (non-hydrogen) atoms. The van der Waals surface area contributed by atoms with Gasteiger partial charge in [0.15, 0.2) is 0 Å². The maximum atomic E-state index is 11.6. The minimum atomic E-state index is -0.342. The zero-order valence-corrected chi connectivity index (χ0v) is 16.6. The summed E-state index contributed by atoms with van der Waals surface area (Å²) in [6.07, 6.45) is 1.84. The van der Waals surface area contributed by atoms with E-state index in [9.17, 15) is 4.79 Å². The largest absolute Gasteiger partial charge is 0.465 e. The third-order valence-electron chi connectivity index (χ3n) is 3.58. The molecule has 6 heteroatoms. The molecule has 3 aromatic rings.